The van der Waals surface area contributed by atoms with Crippen molar-refractivity contribution in [3.05, 3.63) is 21.4 Å². The number of hydrogen-bond donors (Lipinski definition) is 2. The highest BCUT2D eigenvalue weighted by atomic mass is 32.1. The lowest BCUT2D eigenvalue weighted by molar-refractivity contribution is 0.0585. The molecule has 94 valence electrons. The number of aliphatic hydroxyl groups excluding tert-OH is 1. The van der Waals surface area contributed by atoms with Gasteiger partial charge in [0.05, 0.1) is 17.0 Å². The molecule has 2 atom stereocenters. The molecule has 0 aromatic carbocycles. The maximum absolute atomic E-state index is 12.2. The van der Waals surface area contributed by atoms with Crippen molar-refractivity contribution in [1.82, 2.24) is 10.2 Å². The molecule has 0 radical (unpaired) electrons. The van der Waals surface area contributed by atoms with Gasteiger partial charge in [0.2, 0.25) is 0 Å². The normalized spacial score (nSPS) is 24.0. The lowest BCUT2D eigenvalue weighted by Gasteiger charge is -2.25. The largest absolute Gasteiger partial charge is 0.390 e. The summed E-state index contributed by atoms with van der Waals surface area (Å²) in [5.41, 5.74) is 1.15. The van der Waals surface area contributed by atoms with Crippen molar-refractivity contribution in [2.75, 3.05) is 20.1 Å². The van der Waals surface area contributed by atoms with Gasteiger partial charge in [-0.1, -0.05) is 0 Å². The third-order valence-corrected chi connectivity index (χ3v) is 4.49. The van der Waals surface area contributed by atoms with E-state index in [2.05, 4.69) is 5.32 Å². The fourth-order valence-electron chi connectivity index (χ4n) is 2.05. The molecular formula is C12H18N2O2S. The molecular weight excluding hydrogens is 236 g/mol. The molecule has 4 nitrogen and oxygen atoms in total. The minimum absolute atomic E-state index is 0.000972. The van der Waals surface area contributed by atoms with Crippen molar-refractivity contribution in [2.45, 2.75) is 26.0 Å². The van der Waals surface area contributed by atoms with Crippen LogP contribution < -0.4 is 5.32 Å². The van der Waals surface area contributed by atoms with Crippen LogP contribution in [-0.2, 0) is 0 Å². The highest BCUT2D eigenvalue weighted by Gasteiger charge is 2.32. The van der Waals surface area contributed by atoms with Crippen molar-refractivity contribution >= 4 is 17.2 Å². The zero-order chi connectivity index (χ0) is 12.6. The van der Waals surface area contributed by atoms with Crippen LogP contribution in [0.1, 0.15) is 20.1 Å². The summed E-state index contributed by atoms with van der Waals surface area (Å²) < 4.78 is 0. The third kappa shape index (κ3) is 2.36. The number of thiophene rings is 1. The first-order valence-electron chi connectivity index (χ1n) is 5.73. The lowest BCUT2D eigenvalue weighted by atomic mass is 10.2. The number of hydrogen-bond acceptors (Lipinski definition) is 4. The number of carbonyl (C=O) groups excluding carboxylic acids is 1. The van der Waals surface area contributed by atoms with E-state index in [4.69, 9.17) is 0 Å². The quantitative estimate of drug-likeness (QED) is 0.819. The number of nitrogens with zero attached hydrogens (tertiary/aromatic N) is 1. The summed E-state index contributed by atoms with van der Waals surface area (Å²) in [6.07, 6.45) is -0.467. The number of β-amino-alcohol motifs (C(OH)–C–C–N with tert-alkyl or cyclic N) is 1. The average Bonchev–Trinajstić information content (AvgIpc) is 2.84. The molecule has 1 aliphatic heterocycles. The van der Waals surface area contributed by atoms with E-state index in [9.17, 15) is 9.90 Å². The molecule has 2 heterocycles. The highest BCUT2D eigenvalue weighted by molar-refractivity contribution is 7.14. The van der Waals surface area contributed by atoms with E-state index in [0.717, 1.165) is 10.4 Å². The number of rotatable bonds is 2. The van der Waals surface area contributed by atoms with E-state index in [1.54, 1.807) is 11.9 Å². The van der Waals surface area contributed by atoms with E-state index in [-0.39, 0.29) is 11.9 Å². The summed E-state index contributed by atoms with van der Waals surface area (Å²) in [7, 11) is 1.76. The zero-order valence-corrected chi connectivity index (χ0v) is 11.2. The molecule has 2 rings (SSSR count). The van der Waals surface area contributed by atoms with Gasteiger partial charge in [-0.3, -0.25) is 4.79 Å². The molecule has 17 heavy (non-hydrogen) atoms. The van der Waals surface area contributed by atoms with Crippen molar-refractivity contribution in [2.24, 2.45) is 0 Å². The Hall–Kier alpha value is -0.910. The van der Waals surface area contributed by atoms with Gasteiger partial charge in [0.25, 0.3) is 5.91 Å². The van der Waals surface area contributed by atoms with Crippen LogP contribution >= 0.6 is 11.3 Å². The maximum atomic E-state index is 12.2. The highest BCUT2D eigenvalue weighted by Crippen LogP contribution is 2.23. The van der Waals surface area contributed by atoms with E-state index in [1.807, 2.05) is 19.9 Å². The van der Waals surface area contributed by atoms with Crippen LogP contribution in [0.3, 0.4) is 0 Å². The SMILES string of the molecule is Cc1cc(C(=O)N(C)[C@@H]2CNC[C@H]2O)sc1C. The molecule has 1 saturated heterocycles. The van der Waals surface area contributed by atoms with Crippen LogP contribution in [-0.4, -0.2) is 48.2 Å². The molecule has 5 heteroatoms. The van der Waals surface area contributed by atoms with Crippen LogP contribution in [0.5, 0.6) is 0 Å². The van der Waals surface area contributed by atoms with E-state index in [0.29, 0.717) is 13.1 Å². The van der Waals surface area contributed by atoms with Gasteiger partial charge in [0, 0.05) is 25.0 Å². The summed E-state index contributed by atoms with van der Waals surface area (Å²) in [5.74, 6) is -0.000972. The maximum Gasteiger partial charge on any atom is 0.264 e. The first-order chi connectivity index (χ1) is 8.00. The van der Waals surface area contributed by atoms with E-state index in [1.165, 1.54) is 16.2 Å². The fourth-order valence-corrected chi connectivity index (χ4v) is 3.07. The molecule has 1 amide bonds. The van der Waals surface area contributed by atoms with Crippen LogP contribution in [0.2, 0.25) is 0 Å². The number of amides is 1. The number of nitrogens with one attached hydrogen (secondary N) is 1. The molecule has 0 unspecified atom stereocenters. The average molecular weight is 254 g/mol. The van der Waals surface area contributed by atoms with Gasteiger partial charge >= 0.3 is 0 Å². The summed E-state index contributed by atoms with van der Waals surface area (Å²) in [6.45, 7) is 5.24. The van der Waals surface area contributed by atoms with Gasteiger partial charge < -0.3 is 15.3 Å². The summed E-state index contributed by atoms with van der Waals surface area (Å²) in [5, 5.41) is 12.8. The van der Waals surface area contributed by atoms with Crippen molar-refractivity contribution in [3.8, 4) is 0 Å². The fraction of sp³-hybridized carbons (Fsp3) is 0.583. The molecule has 1 fully saturated rings. The monoisotopic (exact) mass is 254 g/mol. The molecule has 0 saturated carbocycles. The second kappa shape index (κ2) is 4.76. The zero-order valence-electron chi connectivity index (χ0n) is 10.4. The molecule has 1 aliphatic rings. The molecule has 0 spiro atoms. The van der Waals surface area contributed by atoms with Gasteiger partial charge in [-0.15, -0.1) is 11.3 Å². The summed E-state index contributed by atoms with van der Waals surface area (Å²) in [6, 6.07) is 1.80. The second-order valence-electron chi connectivity index (χ2n) is 4.56. The van der Waals surface area contributed by atoms with E-state index < -0.39 is 6.10 Å². The Morgan fingerprint density at radius 1 is 1.53 bits per heavy atom. The molecule has 1 aromatic heterocycles. The van der Waals surface area contributed by atoms with Gasteiger partial charge in [-0.2, -0.15) is 0 Å². The predicted molar refractivity (Wildman–Crippen MR) is 68.6 cm³/mol. The number of likely N-dealkylation sites (N-methyl/N-ethyl adjacent to an activating group) is 1. The van der Waals surface area contributed by atoms with Crippen LogP contribution in [0.4, 0.5) is 0 Å². The number of aliphatic hydroxyl groups is 1. The Morgan fingerprint density at radius 2 is 2.24 bits per heavy atom. The van der Waals surface area contributed by atoms with Crippen molar-refractivity contribution in [1.29, 1.82) is 0 Å². The summed E-state index contributed by atoms with van der Waals surface area (Å²) in [4.78, 5) is 15.8. The second-order valence-corrected chi connectivity index (χ2v) is 5.82. The Kier molecular flexibility index (Phi) is 3.51. The lowest BCUT2D eigenvalue weighted by Crippen LogP contribution is -2.44. The van der Waals surface area contributed by atoms with Gasteiger partial charge in [-0.05, 0) is 25.5 Å². The Balaban J connectivity index is 2.14. The van der Waals surface area contributed by atoms with Crippen LogP contribution in [0.15, 0.2) is 6.07 Å². The van der Waals surface area contributed by atoms with Gasteiger partial charge in [0.15, 0.2) is 0 Å². The first kappa shape index (κ1) is 12.5. The van der Waals surface area contributed by atoms with Gasteiger partial charge in [-0.25, -0.2) is 0 Å². The molecule has 1 aromatic rings. The minimum atomic E-state index is -0.467. The predicted octanol–water partition coefficient (Wildman–Crippen LogP) is 0.770. The Bertz CT molecular complexity index is 411. The Labute approximate surface area is 105 Å². The van der Waals surface area contributed by atoms with Crippen LogP contribution in [0.25, 0.3) is 0 Å². The first-order valence-corrected chi connectivity index (χ1v) is 6.55. The summed E-state index contributed by atoms with van der Waals surface area (Å²) >= 11 is 1.52. The molecule has 2 N–H and O–H groups in total. The number of carbonyl (C=O) groups is 1. The standard InChI is InChI=1S/C12H18N2O2S/c1-7-4-11(17-8(7)2)12(16)14(3)9-5-13-6-10(9)15/h4,9-10,13,15H,5-6H2,1-3H3/t9-,10-/m1/s1. The van der Waals surface area contributed by atoms with Crippen LogP contribution in [0, 0.1) is 13.8 Å². The minimum Gasteiger partial charge on any atom is -0.390 e. The molecule has 0 aliphatic carbocycles. The smallest absolute Gasteiger partial charge is 0.264 e. The molecule has 0 bridgehead atoms. The van der Waals surface area contributed by atoms with E-state index >= 15 is 0 Å². The number of aryl methyl sites for hydroxylation is 2. The third-order valence-electron chi connectivity index (χ3n) is 3.35. The topological polar surface area (TPSA) is 52.6 Å². The van der Waals surface area contributed by atoms with Gasteiger partial charge in [0.1, 0.15) is 0 Å². The van der Waals surface area contributed by atoms with Crippen molar-refractivity contribution < 1.29 is 9.90 Å². The Morgan fingerprint density at radius 3 is 2.71 bits per heavy atom. The van der Waals surface area contributed by atoms with Crippen molar-refractivity contribution in [3.63, 3.8) is 0 Å².